The predicted molar refractivity (Wildman–Crippen MR) is 97.2 cm³/mol. The minimum atomic E-state index is 0.111. The number of rotatable bonds is 5. The molecule has 0 aliphatic carbocycles. The number of carbonyl (C=O) groups excluding carboxylic acids is 1. The van der Waals surface area contributed by atoms with Crippen LogP contribution in [0.25, 0.3) is 0 Å². The van der Waals surface area contributed by atoms with Crippen molar-refractivity contribution in [1.29, 1.82) is 0 Å². The van der Waals surface area contributed by atoms with E-state index in [0.717, 1.165) is 18.7 Å². The fourth-order valence-electron chi connectivity index (χ4n) is 2.59. The molecule has 2 aromatic rings. The Kier molecular flexibility index (Phi) is 4.84. The van der Waals surface area contributed by atoms with Gasteiger partial charge >= 0.3 is 0 Å². The molecule has 2 heterocycles. The van der Waals surface area contributed by atoms with E-state index >= 15 is 0 Å². The SMILES string of the molecule is CN(C)c1nc(N)nc(CSCC(=O)N2CCc3ccccc32)n1. The van der Waals surface area contributed by atoms with Crippen molar-refractivity contribution in [2.75, 3.05) is 41.9 Å². The number of thioether (sulfide) groups is 1. The molecule has 3 rings (SSSR count). The molecule has 0 fully saturated rings. The molecular weight excluding hydrogens is 324 g/mol. The highest BCUT2D eigenvalue weighted by Gasteiger charge is 2.23. The summed E-state index contributed by atoms with van der Waals surface area (Å²) in [7, 11) is 3.69. The highest BCUT2D eigenvalue weighted by atomic mass is 32.2. The van der Waals surface area contributed by atoms with E-state index in [0.29, 0.717) is 23.3 Å². The van der Waals surface area contributed by atoms with Crippen LogP contribution in [-0.2, 0) is 17.0 Å². The molecule has 8 heteroatoms. The van der Waals surface area contributed by atoms with Crippen molar-refractivity contribution in [3.63, 3.8) is 0 Å². The molecular formula is C16H20N6OS. The zero-order valence-corrected chi connectivity index (χ0v) is 14.6. The van der Waals surface area contributed by atoms with Gasteiger partial charge in [-0.05, 0) is 18.1 Å². The highest BCUT2D eigenvalue weighted by Crippen LogP contribution is 2.28. The molecule has 1 aromatic carbocycles. The third-order valence-corrected chi connectivity index (χ3v) is 4.65. The topological polar surface area (TPSA) is 88.2 Å². The number of nitrogen functional groups attached to an aromatic ring is 1. The van der Waals surface area contributed by atoms with Crippen molar-refractivity contribution in [2.45, 2.75) is 12.2 Å². The van der Waals surface area contributed by atoms with Crippen LogP contribution in [0.2, 0.25) is 0 Å². The van der Waals surface area contributed by atoms with Gasteiger partial charge in [0.25, 0.3) is 0 Å². The fourth-order valence-corrected chi connectivity index (χ4v) is 3.34. The second-order valence-electron chi connectivity index (χ2n) is 5.72. The minimum absolute atomic E-state index is 0.111. The smallest absolute Gasteiger partial charge is 0.237 e. The van der Waals surface area contributed by atoms with Crippen molar-refractivity contribution in [3.8, 4) is 0 Å². The second-order valence-corrected chi connectivity index (χ2v) is 6.71. The number of hydrogen-bond donors (Lipinski definition) is 1. The lowest BCUT2D eigenvalue weighted by molar-refractivity contribution is -0.116. The first kappa shape index (κ1) is 16.5. The number of benzene rings is 1. The first-order chi connectivity index (χ1) is 11.5. The number of hydrogen-bond acceptors (Lipinski definition) is 7. The van der Waals surface area contributed by atoms with E-state index in [4.69, 9.17) is 5.73 Å². The predicted octanol–water partition coefficient (Wildman–Crippen LogP) is 1.34. The Morgan fingerprint density at radius 2 is 2.08 bits per heavy atom. The third-order valence-electron chi connectivity index (χ3n) is 3.73. The van der Waals surface area contributed by atoms with Crippen LogP contribution in [0.5, 0.6) is 0 Å². The molecule has 2 N–H and O–H groups in total. The van der Waals surface area contributed by atoms with Gasteiger partial charge in [-0.1, -0.05) is 18.2 Å². The molecule has 0 atom stereocenters. The number of nitrogens with zero attached hydrogens (tertiary/aromatic N) is 5. The molecule has 1 amide bonds. The number of anilines is 3. The van der Waals surface area contributed by atoms with Crippen molar-refractivity contribution < 1.29 is 4.79 Å². The van der Waals surface area contributed by atoms with Crippen molar-refractivity contribution in [2.24, 2.45) is 0 Å². The van der Waals surface area contributed by atoms with Crippen LogP contribution in [0.3, 0.4) is 0 Å². The van der Waals surface area contributed by atoms with Crippen LogP contribution < -0.4 is 15.5 Å². The Morgan fingerprint density at radius 1 is 1.29 bits per heavy atom. The van der Waals surface area contributed by atoms with Gasteiger partial charge in [-0.25, -0.2) is 0 Å². The van der Waals surface area contributed by atoms with Crippen LogP contribution in [0.1, 0.15) is 11.4 Å². The summed E-state index contributed by atoms with van der Waals surface area (Å²) in [6.45, 7) is 0.752. The van der Waals surface area contributed by atoms with Crippen LogP contribution >= 0.6 is 11.8 Å². The van der Waals surface area contributed by atoms with Gasteiger partial charge in [0.2, 0.25) is 17.8 Å². The summed E-state index contributed by atoms with van der Waals surface area (Å²) >= 11 is 1.49. The average molecular weight is 344 g/mol. The van der Waals surface area contributed by atoms with Crippen molar-refractivity contribution >= 4 is 35.3 Å². The summed E-state index contributed by atoms with van der Waals surface area (Å²) in [5.41, 5.74) is 7.97. The van der Waals surface area contributed by atoms with E-state index in [1.807, 2.05) is 37.2 Å². The molecule has 0 radical (unpaired) electrons. The van der Waals surface area contributed by atoms with E-state index in [-0.39, 0.29) is 11.9 Å². The first-order valence-electron chi connectivity index (χ1n) is 7.68. The summed E-state index contributed by atoms with van der Waals surface area (Å²) in [5, 5.41) is 0. The molecule has 0 saturated heterocycles. The normalized spacial score (nSPS) is 13.0. The van der Waals surface area contributed by atoms with Gasteiger partial charge in [-0.3, -0.25) is 4.79 Å². The Bertz CT molecular complexity index is 751. The summed E-state index contributed by atoms with van der Waals surface area (Å²) in [5.74, 6) is 2.33. The molecule has 126 valence electrons. The largest absolute Gasteiger partial charge is 0.368 e. The average Bonchev–Trinajstić information content (AvgIpc) is 2.98. The quantitative estimate of drug-likeness (QED) is 0.875. The molecule has 1 aliphatic heterocycles. The zero-order chi connectivity index (χ0) is 17.1. The lowest BCUT2D eigenvalue weighted by atomic mass is 10.2. The van der Waals surface area contributed by atoms with E-state index < -0.39 is 0 Å². The summed E-state index contributed by atoms with van der Waals surface area (Å²) < 4.78 is 0. The monoisotopic (exact) mass is 344 g/mol. The third kappa shape index (κ3) is 3.59. The summed E-state index contributed by atoms with van der Waals surface area (Å²) in [4.78, 5) is 28.6. The van der Waals surface area contributed by atoms with Gasteiger partial charge in [0.05, 0.1) is 11.5 Å². The van der Waals surface area contributed by atoms with Gasteiger partial charge < -0.3 is 15.5 Å². The highest BCUT2D eigenvalue weighted by molar-refractivity contribution is 7.99. The molecule has 1 aliphatic rings. The fraction of sp³-hybridized carbons (Fsp3) is 0.375. The Hall–Kier alpha value is -2.35. The molecule has 1 aromatic heterocycles. The summed E-state index contributed by atoms with van der Waals surface area (Å²) in [6.07, 6.45) is 0.919. The standard InChI is InChI=1S/C16H20N6OS/c1-21(2)16-19-13(18-15(17)20-16)9-24-10-14(23)22-8-7-11-5-3-4-6-12(11)22/h3-6H,7-10H2,1-2H3,(H2,17,18,19,20). The molecule has 0 saturated carbocycles. The number of aromatic nitrogens is 3. The zero-order valence-electron chi connectivity index (χ0n) is 13.8. The van der Waals surface area contributed by atoms with Gasteiger partial charge in [0, 0.05) is 26.3 Å². The molecule has 24 heavy (non-hydrogen) atoms. The van der Waals surface area contributed by atoms with Gasteiger partial charge in [0.1, 0.15) is 5.82 Å². The van der Waals surface area contributed by atoms with Crippen LogP contribution in [-0.4, -0.2) is 47.3 Å². The Balaban J connectivity index is 1.58. The number of fused-ring (bicyclic) bond motifs is 1. The maximum absolute atomic E-state index is 12.5. The lowest BCUT2D eigenvalue weighted by Gasteiger charge is -2.17. The first-order valence-corrected chi connectivity index (χ1v) is 8.84. The van der Waals surface area contributed by atoms with Crippen LogP contribution in [0.15, 0.2) is 24.3 Å². The molecule has 7 nitrogen and oxygen atoms in total. The number of carbonyl (C=O) groups is 1. The second kappa shape index (κ2) is 7.04. The number of amides is 1. The van der Waals surface area contributed by atoms with Crippen LogP contribution in [0.4, 0.5) is 17.6 Å². The van der Waals surface area contributed by atoms with Crippen molar-refractivity contribution in [1.82, 2.24) is 15.0 Å². The Labute approximate surface area is 145 Å². The minimum Gasteiger partial charge on any atom is -0.368 e. The van der Waals surface area contributed by atoms with E-state index in [9.17, 15) is 4.79 Å². The van der Waals surface area contributed by atoms with E-state index in [1.54, 1.807) is 4.90 Å². The number of para-hydroxylation sites is 1. The van der Waals surface area contributed by atoms with Crippen LogP contribution in [0, 0.1) is 0 Å². The molecule has 0 unspecified atom stereocenters. The van der Waals surface area contributed by atoms with Gasteiger partial charge in [-0.15, -0.1) is 11.8 Å². The maximum atomic E-state index is 12.5. The van der Waals surface area contributed by atoms with E-state index in [1.165, 1.54) is 17.3 Å². The number of nitrogens with two attached hydrogens (primary N) is 1. The van der Waals surface area contributed by atoms with E-state index in [2.05, 4.69) is 21.0 Å². The lowest BCUT2D eigenvalue weighted by Crippen LogP contribution is -2.30. The molecule has 0 spiro atoms. The van der Waals surface area contributed by atoms with Gasteiger partial charge in [-0.2, -0.15) is 15.0 Å². The van der Waals surface area contributed by atoms with Gasteiger partial charge in [0.15, 0.2) is 0 Å². The maximum Gasteiger partial charge on any atom is 0.237 e. The van der Waals surface area contributed by atoms with Crippen molar-refractivity contribution in [3.05, 3.63) is 35.7 Å². The molecule has 0 bridgehead atoms. The summed E-state index contributed by atoms with van der Waals surface area (Å²) in [6, 6.07) is 8.05. The Morgan fingerprint density at radius 3 is 2.88 bits per heavy atom.